The number of fused-ring (bicyclic) bond motifs is 5. The minimum atomic E-state index is -3.87. The zero-order chi connectivity index (χ0) is 35.1. The molecule has 4 aliphatic rings. The molecule has 0 spiro atoms. The lowest BCUT2D eigenvalue weighted by Crippen LogP contribution is -2.51. The second-order valence-electron chi connectivity index (χ2n) is 17.0. The molecule has 0 heterocycles. The average molecular weight is 698 g/mol. The molecule has 278 valence electrons. The Kier molecular flexibility index (Phi) is 14.5. The van der Waals surface area contributed by atoms with E-state index in [4.69, 9.17) is 19.1 Å². The van der Waals surface area contributed by atoms with Gasteiger partial charge >= 0.3 is 13.7 Å². The summed E-state index contributed by atoms with van der Waals surface area (Å²) in [6, 6.07) is 0. The Hall–Kier alpha value is -0.960. The van der Waals surface area contributed by atoms with E-state index in [-0.39, 0.29) is 43.4 Å². The third-order valence-electron chi connectivity index (χ3n) is 12.9. The molecular formula is C38H68NO8P. The van der Waals surface area contributed by atoms with Crippen LogP contribution in [0.2, 0.25) is 0 Å². The van der Waals surface area contributed by atoms with Crippen LogP contribution in [0.4, 0.5) is 4.79 Å². The minimum Gasteiger partial charge on any atom is -0.446 e. The van der Waals surface area contributed by atoms with Gasteiger partial charge in [-0.3, -0.25) is 4.57 Å². The summed E-state index contributed by atoms with van der Waals surface area (Å²) >= 11 is 0. The van der Waals surface area contributed by atoms with Crippen molar-refractivity contribution in [1.29, 1.82) is 0 Å². The van der Waals surface area contributed by atoms with Gasteiger partial charge in [0.05, 0.1) is 19.4 Å². The largest absolute Gasteiger partial charge is 0.446 e. The quantitative estimate of drug-likeness (QED) is 0.0650. The molecule has 4 rings (SSSR count). The van der Waals surface area contributed by atoms with Crippen LogP contribution in [-0.2, 0) is 18.6 Å². The van der Waals surface area contributed by atoms with Gasteiger partial charge in [-0.25, -0.2) is 4.79 Å². The van der Waals surface area contributed by atoms with Gasteiger partial charge in [0, 0.05) is 26.2 Å². The topological polar surface area (TPSA) is 135 Å². The van der Waals surface area contributed by atoms with Gasteiger partial charge in [-0.15, -0.1) is 0 Å². The Balaban J connectivity index is 1.16. The molecule has 3 saturated carbocycles. The van der Waals surface area contributed by atoms with E-state index in [1.807, 2.05) is 0 Å². The van der Waals surface area contributed by atoms with E-state index in [9.17, 15) is 19.4 Å². The molecule has 0 aliphatic heterocycles. The zero-order valence-corrected chi connectivity index (χ0v) is 31.7. The van der Waals surface area contributed by atoms with Crippen molar-refractivity contribution < 1.29 is 38.5 Å². The molecule has 0 bridgehead atoms. The molecular weight excluding hydrogens is 629 g/mol. The maximum absolute atomic E-state index is 12.6. The van der Waals surface area contributed by atoms with Crippen LogP contribution >= 0.6 is 7.60 Å². The molecule has 0 saturated heterocycles. The van der Waals surface area contributed by atoms with E-state index in [1.165, 1.54) is 56.9 Å². The molecule has 48 heavy (non-hydrogen) atoms. The maximum Gasteiger partial charge on any atom is 0.407 e. The second kappa shape index (κ2) is 17.5. The van der Waals surface area contributed by atoms with E-state index < -0.39 is 19.8 Å². The van der Waals surface area contributed by atoms with Gasteiger partial charge in [0.25, 0.3) is 0 Å². The number of aliphatic hydroxyl groups excluding tert-OH is 2. The standard InChI is InChI=1S/C38H68NO8P/c1-26(2)9-7-10-28(4)33-13-14-34-32-12-11-29-21-31(15-17-37(29,5)35(32)16-18-38(33,34)6)47-36(42)39-19-8-20-45-23-30(41)24-46-48(43,44)25-27(3)22-40/h11,26-28,30-35,40-41H,7-10,12-25H2,1-6H3,(H,39,42)(H,43,44)/t27?,28-,30?,31-,32?,33?,34?,35?,37-,38+/m0/s1. The van der Waals surface area contributed by atoms with Gasteiger partial charge in [-0.05, 0) is 104 Å². The fourth-order valence-corrected chi connectivity index (χ4v) is 11.7. The average Bonchev–Trinajstić information content (AvgIpc) is 3.38. The summed E-state index contributed by atoms with van der Waals surface area (Å²) in [5.74, 6) is 4.51. The number of allylic oxidation sites excluding steroid dienone is 1. The van der Waals surface area contributed by atoms with Crippen LogP contribution in [0.25, 0.3) is 0 Å². The molecule has 9 nitrogen and oxygen atoms in total. The first-order valence-electron chi connectivity index (χ1n) is 19.2. The van der Waals surface area contributed by atoms with Crippen molar-refractivity contribution >= 4 is 13.7 Å². The fraction of sp³-hybridized carbons (Fsp3) is 0.921. The van der Waals surface area contributed by atoms with Crippen LogP contribution < -0.4 is 5.32 Å². The monoisotopic (exact) mass is 697 g/mol. The Bertz CT molecular complexity index is 1120. The lowest BCUT2D eigenvalue weighted by Gasteiger charge is -2.58. The number of carbonyl (C=O) groups excluding carboxylic acids is 1. The molecule has 0 radical (unpaired) electrons. The first kappa shape index (κ1) is 39.8. The number of carbonyl (C=O) groups is 1. The highest BCUT2D eigenvalue weighted by Crippen LogP contribution is 2.67. The van der Waals surface area contributed by atoms with Crippen LogP contribution in [0.1, 0.15) is 119 Å². The summed E-state index contributed by atoms with van der Waals surface area (Å²) in [5.41, 5.74) is 2.23. The second-order valence-corrected chi connectivity index (χ2v) is 18.9. The van der Waals surface area contributed by atoms with Gasteiger partial charge < -0.3 is 34.4 Å². The lowest BCUT2D eigenvalue weighted by molar-refractivity contribution is -0.0581. The summed E-state index contributed by atoms with van der Waals surface area (Å²) < 4.78 is 28.3. The third kappa shape index (κ3) is 10.1. The molecule has 7 unspecified atom stereocenters. The molecule has 0 aromatic heterocycles. The molecule has 10 heteroatoms. The summed E-state index contributed by atoms with van der Waals surface area (Å²) in [4.78, 5) is 22.4. The van der Waals surface area contributed by atoms with Gasteiger partial charge in [0.1, 0.15) is 12.2 Å². The Labute approximate surface area is 290 Å². The van der Waals surface area contributed by atoms with Crippen LogP contribution in [-0.4, -0.2) is 72.5 Å². The first-order chi connectivity index (χ1) is 22.7. The van der Waals surface area contributed by atoms with Crippen molar-refractivity contribution in [2.24, 2.45) is 52.3 Å². The predicted molar refractivity (Wildman–Crippen MR) is 190 cm³/mol. The highest BCUT2D eigenvalue weighted by Gasteiger charge is 2.59. The molecule has 1 amide bonds. The van der Waals surface area contributed by atoms with E-state index in [0.29, 0.717) is 25.0 Å². The van der Waals surface area contributed by atoms with Crippen LogP contribution in [0.5, 0.6) is 0 Å². The van der Waals surface area contributed by atoms with Crippen LogP contribution in [0, 0.1) is 52.3 Å². The number of nitrogens with one attached hydrogen (secondary N) is 1. The van der Waals surface area contributed by atoms with Crippen molar-refractivity contribution in [3.05, 3.63) is 11.6 Å². The smallest absolute Gasteiger partial charge is 0.407 e. The number of aliphatic hydroxyl groups is 2. The molecule has 3 fully saturated rings. The normalized spacial score (nSPS) is 34.6. The van der Waals surface area contributed by atoms with Crippen molar-refractivity contribution in [2.75, 3.05) is 39.1 Å². The highest BCUT2D eigenvalue weighted by molar-refractivity contribution is 7.52. The fourth-order valence-electron chi connectivity index (χ4n) is 10.3. The van der Waals surface area contributed by atoms with Crippen LogP contribution in [0.3, 0.4) is 0 Å². The summed E-state index contributed by atoms with van der Waals surface area (Å²) in [5, 5.41) is 21.9. The van der Waals surface area contributed by atoms with E-state index in [2.05, 4.69) is 46.0 Å². The van der Waals surface area contributed by atoms with E-state index >= 15 is 0 Å². The van der Waals surface area contributed by atoms with E-state index in [1.54, 1.807) is 6.92 Å². The number of hydrogen-bond acceptors (Lipinski definition) is 7. The molecule has 4 aliphatic carbocycles. The summed E-state index contributed by atoms with van der Waals surface area (Å²) in [6.07, 6.45) is 15.0. The Morgan fingerprint density at radius 1 is 1.04 bits per heavy atom. The van der Waals surface area contributed by atoms with E-state index in [0.717, 1.165) is 54.8 Å². The maximum atomic E-state index is 12.6. The van der Waals surface area contributed by atoms with Gasteiger partial charge in [0.15, 0.2) is 0 Å². The highest BCUT2D eigenvalue weighted by atomic mass is 31.2. The summed E-state index contributed by atoms with van der Waals surface area (Å²) in [6.45, 7) is 14.2. The number of alkyl carbamates (subject to hydrolysis) is 1. The molecule has 0 aromatic rings. The molecule has 11 atom stereocenters. The minimum absolute atomic E-state index is 0.0457. The number of rotatable bonds is 18. The lowest BCUT2D eigenvalue weighted by atomic mass is 9.47. The van der Waals surface area contributed by atoms with Crippen LogP contribution in [0.15, 0.2) is 11.6 Å². The third-order valence-corrected chi connectivity index (χ3v) is 14.5. The zero-order valence-electron chi connectivity index (χ0n) is 30.8. The van der Waals surface area contributed by atoms with Crippen molar-refractivity contribution in [1.82, 2.24) is 5.32 Å². The van der Waals surface area contributed by atoms with Gasteiger partial charge in [-0.1, -0.05) is 72.5 Å². The Morgan fingerprint density at radius 3 is 2.54 bits per heavy atom. The first-order valence-corrected chi connectivity index (χ1v) is 20.9. The number of hydrogen-bond donors (Lipinski definition) is 4. The molecule has 0 aromatic carbocycles. The summed E-state index contributed by atoms with van der Waals surface area (Å²) in [7, 11) is -3.87. The van der Waals surface area contributed by atoms with Crippen molar-refractivity contribution in [3.63, 3.8) is 0 Å². The van der Waals surface area contributed by atoms with Gasteiger partial charge in [0.2, 0.25) is 0 Å². The van der Waals surface area contributed by atoms with Gasteiger partial charge in [-0.2, -0.15) is 0 Å². The predicted octanol–water partition coefficient (Wildman–Crippen LogP) is 7.72. The Morgan fingerprint density at radius 2 is 1.81 bits per heavy atom. The SMILES string of the molecule is CC(C)CCC[C@H](C)C1CCC2C3CC=C4C[C@@H](OC(=O)NCCCOCC(O)COP(=O)(O)CC(C)CO)CC[C@]4(C)C3CC[C@@]21C. The number of amides is 1. The van der Waals surface area contributed by atoms with Crippen molar-refractivity contribution in [2.45, 2.75) is 131 Å². The molecule has 4 N–H and O–H groups in total. The van der Waals surface area contributed by atoms with Crippen molar-refractivity contribution in [3.8, 4) is 0 Å². The number of ether oxygens (including phenoxy) is 2.